The Morgan fingerprint density at radius 3 is 1.18 bits per heavy atom. The van der Waals surface area contributed by atoms with E-state index in [-0.39, 0.29) is 35.9 Å². The van der Waals surface area contributed by atoms with Gasteiger partial charge in [0.05, 0.1) is 11.1 Å². The highest BCUT2D eigenvalue weighted by atomic mass is 19.3. The second kappa shape index (κ2) is 12.5. The van der Waals surface area contributed by atoms with Crippen molar-refractivity contribution in [2.75, 3.05) is 0 Å². The molecule has 210 valence electrons. The number of carbonyl (C=O) groups excluding carboxylic acids is 2. The summed E-state index contributed by atoms with van der Waals surface area (Å²) in [5.74, 6) is -1.76. The van der Waals surface area contributed by atoms with Crippen molar-refractivity contribution in [2.24, 2.45) is 0 Å². The van der Waals surface area contributed by atoms with Gasteiger partial charge in [-0.15, -0.1) is 0 Å². The fraction of sp³-hybridized carbons (Fsp3) is 0.200. The molecule has 0 saturated carbocycles. The fourth-order valence-corrected chi connectivity index (χ4v) is 3.12. The lowest BCUT2D eigenvalue weighted by Gasteiger charge is -2.20. The summed E-state index contributed by atoms with van der Waals surface area (Å²) in [6.45, 7) is 9.67. The molecule has 3 aromatic carbocycles. The molecule has 0 aliphatic rings. The van der Waals surface area contributed by atoms with Gasteiger partial charge in [0.15, 0.2) is 0 Å². The van der Waals surface area contributed by atoms with Gasteiger partial charge in [-0.2, -0.15) is 17.6 Å². The number of benzene rings is 3. The average Bonchev–Trinajstić information content (AvgIpc) is 2.91. The Bertz CT molecular complexity index is 1260. The Morgan fingerprint density at radius 1 is 0.600 bits per heavy atom. The molecule has 0 saturated heterocycles. The number of halogens is 4. The van der Waals surface area contributed by atoms with E-state index >= 15 is 0 Å². The van der Waals surface area contributed by atoms with Crippen LogP contribution in [0.4, 0.5) is 17.6 Å². The Kier molecular flexibility index (Phi) is 9.36. The molecule has 6 nitrogen and oxygen atoms in total. The highest BCUT2D eigenvalue weighted by Crippen LogP contribution is 2.35. The number of esters is 2. The number of rotatable bonds is 12. The first-order valence-electron chi connectivity index (χ1n) is 11.8. The van der Waals surface area contributed by atoms with Gasteiger partial charge in [0.2, 0.25) is 0 Å². The molecule has 0 radical (unpaired) electrons. The van der Waals surface area contributed by atoms with Crippen LogP contribution in [0.5, 0.6) is 11.5 Å². The second-order valence-electron chi connectivity index (χ2n) is 8.82. The molecule has 0 N–H and O–H groups in total. The molecular weight excluding hydrogens is 532 g/mol. The van der Waals surface area contributed by atoms with E-state index in [1.807, 2.05) is 0 Å². The van der Waals surface area contributed by atoms with E-state index in [1.54, 1.807) is 0 Å². The summed E-state index contributed by atoms with van der Waals surface area (Å²) in [6.07, 6.45) is -7.47. The third-order valence-corrected chi connectivity index (χ3v) is 5.33. The van der Waals surface area contributed by atoms with Crippen LogP contribution in [0, 0.1) is 0 Å². The van der Waals surface area contributed by atoms with Gasteiger partial charge in [-0.05, 0) is 73.5 Å². The summed E-state index contributed by atoms with van der Waals surface area (Å²) < 4.78 is 78.1. The molecule has 0 bridgehead atoms. The fourth-order valence-electron chi connectivity index (χ4n) is 3.12. The monoisotopic (exact) mass is 558 g/mol. The van der Waals surface area contributed by atoms with Crippen LogP contribution in [0.1, 0.15) is 36.1 Å². The Labute approximate surface area is 228 Å². The first-order valence-corrected chi connectivity index (χ1v) is 11.8. The predicted octanol–water partition coefficient (Wildman–Crippen LogP) is 7.18. The molecule has 0 aliphatic carbocycles. The molecule has 0 fully saturated rings. The van der Waals surface area contributed by atoms with Crippen LogP contribution in [0.3, 0.4) is 0 Å². The average molecular weight is 559 g/mol. The second-order valence-corrected chi connectivity index (χ2v) is 8.82. The van der Waals surface area contributed by atoms with Crippen molar-refractivity contribution < 1.29 is 46.1 Å². The third-order valence-electron chi connectivity index (χ3n) is 5.33. The SMILES string of the molecule is C=C(C)C(=O)OCc1ccc(C(F)(F)Oc2ccc(OC(F)(F)c3ccc(COC(=O)C(=C)C)cc3)cc2)cc1. The van der Waals surface area contributed by atoms with Gasteiger partial charge in [0.25, 0.3) is 0 Å². The minimum Gasteiger partial charge on any atom is -0.457 e. The van der Waals surface area contributed by atoms with Gasteiger partial charge >= 0.3 is 24.2 Å². The van der Waals surface area contributed by atoms with Gasteiger partial charge < -0.3 is 18.9 Å². The summed E-state index contributed by atoms with van der Waals surface area (Å²) in [4.78, 5) is 22.9. The Balaban J connectivity index is 1.59. The van der Waals surface area contributed by atoms with E-state index < -0.39 is 35.3 Å². The molecule has 0 atom stereocenters. The van der Waals surface area contributed by atoms with Crippen LogP contribution in [-0.2, 0) is 44.5 Å². The zero-order valence-corrected chi connectivity index (χ0v) is 21.7. The first kappa shape index (κ1) is 29.9. The highest BCUT2D eigenvalue weighted by molar-refractivity contribution is 5.87. The van der Waals surface area contributed by atoms with Crippen molar-refractivity contribution in [3.63, 3.8) is 0 Å². The van der Waals surface area contributed by atoms with Crippen molar-refractivity contribution in [2.45, 2.75) is 39.3 Å². The number of hydrogen-bond acceptors (Lipinski definition) is 6. The molecule has 0 unspecified atom stereocenters. The van der Waals surface area contributed by atoms with Crippen LogP contribution < -0.4 is 9.47 Å². The van der Waals surface area contributed by atoms with Crippen LogP contribution in [-0.4, -0.2) is 11.9 Å². The smallest absolute Gasteiger partial charge is 0.426 e. The van der Waals surface area contributed by atoms with Gasteiger partial charge in [-0.25, -0.2) is 9.59 Å². The van der Waals surface area contributed by atoms with Gasteiger partial charge in [-0.3, -0.25) is 0 Å². The van der Waals surface area contributed by atoms with Crippen molar-refractivity contribution in [1.82, 2.24) is 0 Å². The molecule has 0 amide bonds. The van der Waals surface area contributed by atoms with E-state index in [2.05, 4.69) is 13.2 Å². The van der Waals surface area contributed by atoms with Crippen LogP contribution >= 0.6 is 0 Å². The topological polar surface area (TPSA) is 71.1 Å². The summed E-state index contributed by atoms with van der Waals surface area (Å²) in [5, 5.41) is 0. The largest absolute Gasteiger partial charge is 0.457 e. The zero-order chi connectivity index (χ0) is 29.5. The molecule has 3 aromatic rings. The van der Waals surface area contributed by atoms with Crippen molar-refractivity contribution >= 4 is 11.9 Å². The molecule has 3 rings (SSSR count). The minimum atomic E-state index is -3.74. The molecular formula is C30H26F4O6. The Hall–Kier alpha value is -4.60. The van der Waals surface area contributed by atoms with E-state index in [0.717, 1.165) is 48.5 Å². The van der Waals surface area contributed by atoms with Crippen LogP contribution in [0.2, 0.25) is 0 Å². The van der Waals surface area contributed by atoms with E-state index in [9.17, 15) is 27.2 Å². The molecule has 40 heavy (non-hydrogen) atoms. The maximum atomic E-state index is 14.7. The summed E-state index contributed by atoms with van der Waals surface area (Å²) in [6, 6.07) is 14.2. The number of hydrogen-bond donors (Lipinski definition) is 0. The lowest BCUT2D eigenvalue weighted by atomic mass is 10.1. The normalized spacial score (nSPS) is 11.3. The number of carbonyl (C=O) groups is 2. The summed E-state index contributed by atoms with van der Waals surface area (Å²) >= 11 is 0. The molecule has 0 aliphatic heterocycles. The molecule has 10 heteroatoms. The predicted molar refractivity (Wildman–Crippen MR) is 138 cm³/mol. The lowest BCUT2D eigenvalue weighted by Crippen LogP contribution is -2.22. The maximum Gasteiger partial charge on any atom is 0.426 e. The molecule has 0 spiro atoms. The van der Waals surface area contributed by atoms with Gasteiger partial charge in [-0.1, -0.05) is 37.4 Å². The quantitative estimate of drug-likeness (QED) is 0.133. The van der Waals surface area contributed by atoms with E-state index in [4.69, 9.17) is 18.9 Å². The molecule has 0 aromatic heterocycles. The number of alkyl halides is 4. The zero-order valence-electron chi connectivity index (χ0n) is 21.7. The van der Waals surface area contributed by atoms with Gasteiger partial charge in [0.1, 0.15) is 24.7 Å². The van der Waals surface area contributed by atoms with Crippen LogP contribution in [0.15, 0.2) is 97.1 Å². The van der Waals surface area contributed by atoms with Crippen molar-refractivity contribution in [1.29, 1.82) is 0 Å². The standard InChI is InChI=1S/C30H26F4O6/c1-19(2)27(35)37-17-21-5-9-23(10-6-21)29(31,32)39-25-13-15-26(16-14-25)40-30(33,34)24-11-7-22(8-12-24)18-38-28(36)20(3)4/h5-16H,1,3,17-18H2,2,4H3. The van der Waals surface area contributed by atoms with Crippen molar-refractivity contribution in [3.05, 3.63) is 119 Å². The van der Waals surface area contributed by atoms with Crippen LogP contribution in [0.25, 0.3) is 0 Å². The summed E-state index contributed by atoms with van der Waals surface area (Å²) in [5.41, 5.74) is 0.464. The highest BCUT2D eigenvalue weighted by Gasteiger charge is 2.36. The lowest BCUT2D eigenvalue weighted by molar-refractivity contribution is -0.188. The molecule has 0 heterocycles. The summed E-state index contributed by atoms with van der Waals surface area (Å²) in [7, 11) is 0. The minimum absolute atomic E-state index is 0.112. The van der Waals surface area contributed by atoms with Crippen molar-refractivity contribution in [3.8, 4) is 11.5 Å². The van der Waals surface area contributed by atoms with E-state index in [0.29, 0.717) is 11.1 Å². The third kappa shape index (κ3) is 8.20. The number of ether oxygens (including phenoxy) is 4. The first-order chi connectivity index (χ1) is 18.8. The Morgan fingerprint density at radius 2 is 0.900 bits per heavy atom. The van der Waals surface area contributed by atoms with Gasteiger partial charge in [0, 0.05) is 11.1 Å². The van der Waals surface area contributed by atoms with E-state index in [1.165, 1.54) is 38.1 Å². The maximum absolute atomic E-state index is 14.7.